The average molecular weight is 215 g/mol. The van der Waals surface area contributed by atoms with Crippen molar-refractivity contribution in [1.29, 1.82) is 0 Å². The smallest absolute Gasteiger partial charge is 0.345 e. The second kappa shape index (κ2) is 4.88. The maximum Gasteiger partial charge on any atom is 0.345 e. The van der Waals surface area contributed by atoms with Gasteiger partial charge in [0.1, 0.15) is 6.26 Å². The first-order chi connectivity index (χ1) is 7.86. The van der Waals surface area contributed by atoms with Crippen LogP contribution in [0.3, 0.4) is 0 Å². The maximum atomic E-state index is 10.7. The van der Waals surface area contributed by atoms with E-state index in [0.717, 1.165) is 10.9 Å². The van der Waals surface area contributed by atoms with E-state index in [9.17, 15) is 4.79 Å². The molecule has 0 fully saturated rings. The van der Waals surface area contributed by atoms with E-state index in [0.29, 0.717) is 0 Å². The number of hydrogen-bond donors (Lipinski definition) is 1. The summed E-state index contributed by atoms with van der Waals surface area (Å²) in [6.07, 6.45) is 4.66. The molecule has 0 unspecified atom stereocenters. The molecule has 0 radical (unpaired) electrons. The number of H-pyrrole nitrogens is 1. The van der Waals surface area contributed by atoms with E-state index < -0.39 is 0 Å². The lowest BCUT2D eigenvalue weighted by atomic mass is 10.2. The van der Waals surface area contributed by atoms with Crippen LogP contribution in [0.15, 0.2) is 58.3 Å². The third-order valence-electron chi connectivity index (χ3n) is 1.87. The average Bonchev–Trinajstić information content (AvgIpc) is 2.87. The fraction of sp³-hybridized carbons (Fsp3) is 0. The molecule has 0 aliphatic carbocycles. The zero-order valence-corrected chi connectivity index (χ0v) is 8.33. The molecule has 1 aromatic carbocycles. The molecule has 0 atom stereocenters. The number of benzene rings is 1. The Hall–Kier alpha value is -2.43. The zero-order valence-electron chi connectivity index (χ0n) is 8.33. The van der Waals surface area contributed by atoms with Gasteiger partial charge in [0, 0.05) is 11.6 Å². The Morgan fingerprint density at radius 1 is 1.19 bits per heavy atom. The second-order valence-corrected chi connectivity index (χ2v) is 2.96. The molecular weight excluding hydrogens is 206 g/mol. The van der Waals surface area contributed by atoms with Crippen molar-refractivity contribution >= 4 is 10.9 Å². The Labute approximate surface area is 90.7 Å². The predicted octanol–water partition coefficient (Wildman–Crippen LogP) is 1.60. The van der Waals surface area contributed by atoms with Gasteiger partial charge in [-0.1, -0.05) is 23.4 Å². The van der Waals surface area contributed by atoms with E-state index in [-0.39, 0.29) is 5.69 Å². The van der Waals surface area contributed by atoms with Gasteiger partial charge in [-0.15, -0.1) is 0 Å². The van der Waals surface area contributed by atoms with Gasteiger partial charge in [0.25, 0.3) is 0 Å². The monoisotopic (exact) mass is 215 g/mol. The zero-order chi connectivity index (χ0) is 11.2. The van der Waals surface area contributed by atoms with Gasteiger partial charge in [0.2, 0.25) is 0 Å². The Balaban J connectivity index is 0.000000162. The minimum Gasteiger partial charge on any atom is -0.365 e. The van der Waals surface area contributed by atoms with Gasteiger partial charge in [0.15, 0.2) is 0 Å². The molecule has 0 saturated heterocycles. The van der Waals surface area contributed by atoms with Crippen LogP contribution < -0.4 is 5.69 Å². The molecule has 2 aromatic heterocycles. The Morgan fingerprint density at radius 2 is 2.06 bits per heavy atom. The summed E-state index contributed by atoms with van der Waals surface area (Å²) in [5, 5.41) is 4.30. The number of rotatable bonds is 0. The van der Waals surface area contributed by atoms with E-state index in [1.54, 1.807) is 18.5 Å². The molecule has 80 valence electrons. The summed E-state index contributed by atoms with van der Waals surface area (Å²) >= 11 is 0. The summed E-state index contributed by atoms with van der Waals surface area (Å²) in [5.74, 6) is 0. The first-order valence-corrected chi connectivity index (χ1v) is 4.65. The highest BCUT2D eigenvalue weighted by Crippen LogP contribution is 2.05. The number of fused-ring (bicyclic) bond motifs is 1. The molecule has 0 aliphatic rings. The first-order valence-electron chi connectivity index (χ1n) is 4.65. The van der Waals surface area contributed by atoms with Crippen molar-refractivity contribution in [3.8, 4) is 0 Å². The summed E-state index contributed by atoms with van der Waals surface area (Å²) in [4.78, 5) is 16.9. The van der Waals surface area contributed by atoms with Crippen LogP contribution in [0, 0.1) is 0 Å². The van der Waals surface area contributed by atoms with Crippen molar-refractivity contribution < 1.29 is 4.52 Å². The van der Waals surface area contributed by atoms with Gasteiger partial charge in [-0.2, -0.15) is 0 Å². The van der Waals surface area contributed by atoms with E-state index in [4.69, 9.17) is 0 Å². The van der Waals surface area contributed by atoms with E-state index in [2.05, 4.69) is 19.6 Å². The summed E-state index contributed by atoms with van der Waals surface area (Å²) in [6.45, 7) is 0. The lowest BCUT2D eigenvalue weighted by molar-refractivity contribution is 0.420. The quantitative estimate of drug-likeness (QED) is 0.618. The Bertz CT molecular complexity index is 584. The molecule has 16 heavy (non-hydrogen) atoms. The molecule has 5 nitrogen and oxygen atoms in total. The molecule has 1 N–H and O–H groups in total. The minimum absolute atomic E-state index is 0.302. The van der Waals surface area contributed by atoms with Gasteiger partial charge in [-0.3, -0.25) is 0 Å². The lowest BCUT2D eigenvalue weighted by Crippen LogP contribution is -2.07. The third kappa shape index (κ3) is 2.54. The molecule has 5 heteroatoms. The fourth-order valence-corrected chi connectivity index (χ4v) is 1.17. The molecule has 3 rings (SSSR count). The molecule has 3 aromatic rings. The van der Waals surface area contributed by atoms with Crippen molar-refractivity contribution in [3.05, 3.63) is 59.5 Å². The summed E-state index contributed by atoms with van der Waals surface area (Å²) in [6, 6.07) is 9.25. The van der Waals surface area contributed by atoms with Gasteiger partial charge in [-0.25, -0.2) is 9.78 Å². The van der Waals surface area contributed by atoms with Crippen LogP contribution >= 0.6 is 0 Å². The van der Waals surface area contributed by atoms with E-state index in [1.807, 2.05) is 24.3 Å². The lowest BCUT2D eigenvalue weighted by Gasteiger charge is -1.92. The number of hydrogen-bond acceptors (Lipinski definition) is 4. The summed E-state index contributed by atoms with van der Waals surface area (Å²) < 4.78 is 4.33. The highest BCUT2D eigenvalue weighted by atomic mass is 16.5. The molecule has 0 bridgehead atoms. The molecule has 0 spiro atoms. The van der Waals surface area contributed by atoms with Crippen LogP contribution in [0.5, 0.6) is 0 Å². The standard InChI is InChI=1S/C8H6N2O.C3H3NO/c11-8-9-5-6-3-1-2-4-7(6)10-8;1-2-4-5-3-1/h1-5H,(H,9,10,11);1-3H. The highest BCUT2D eigenvalue weighted by Gasteiger charge is 1.90. The number of aromatic amines is 1. The number of para-hydroxylation sites is 1. The van der Waals surface area contributed by atoms with Gasteiger partial charge < -0.3 is 9.51 Å². The highest BCUT2D eigenvalue weighted by molar-refractivity contribution is 5.76. The second-order valence-electron chi connectivity index (χ2n) is 2.96. The van der Waals surface area contributed by atoms with Gasteiger partial charge in [0.05, 0.1) is 11.7 Å². The topological polar surface area (TPSA) is 71.8 Å². The number of aromatic nitrogens is 3. The number of nitrogens with zero attached hydrogens (tertiary/aromatic N) is 2. The molecule has 0 aliphatic heterocycles. The van der Waals surface area contributed by atoms with Gasteiger partial charge in [-0.05, 0) is 12.1 Å². The molecule has 2 heterocycles. The van der Waals surface area contributed by atoms with E-state index in [1.165, 1.54) is 6.26 Å². The van der Waals surface area contributed by atoms with Crippen molar-refractivity contribution in [2.45, 2.75) is 0 Å². The number of nitrogens with one attached hydrogen (secondary N) is 1. The fourth-order valence-electron chi connectivity index (χ4n) is 1.17. The predicted molar refractivity (Wildman–Crippen MR) is 58.9 cm³/mol. The maximum absolute atomic E-state index is 10.7. The summed E-state index contributed by atoms with van der Waals surface area (Å²) in [5.41, 5.74) is 0.524. The Kier molecular flexibility index (Phi) is 3.08. The van der Waals surface area contributed by atoms with Crippen molar-refractivity contribution in [1.82, 2.24) is 15.1 Å². The normalized spacial score (nSPS) is 9.50. The van der Waals surface area contributed by atoms with Crippen LogP contribution in [-0.4, -0.2) is 15.1 Å². The Morgan fingerprint density at radius 3 is 2.75 bits per heavy atom. The molecule has 0 amide bonds. The first kappa shape index (κ1) is 10.1. The van der Waals surface area contributed by atoms with Crippen molar-refractivity contribution in [2.24, 2.45) is 0 Å². The minimum atomic E-state index is -0.302. The van der Waals surface area contributed by atoms with Gasteiger partial charge >= 0.3 is 5.69 Å². The molecule has 0 saturated carbocycles. The van der Waals surface area contributed by atoms with Crippen LogP contribution in [0.4, 0.5) is 0 Å². The van der Waals surface area contributed by atoms with Crippen molar-refractivity contribution in [3.63, 3.8) is 0 Å². The van der Waals surface area contributed by atoms with Crippen LogP contribution in [-0.2, 0) is 0 Å². The summed E-state index contributed by atoms with van der Waals surface area (Å²) in [7, 11) is 0. The van der Waals surface area contributed by atoms with Crippen LogP contribution in [0.25, 0.3) is 10.9 Å². The molecular formula is C11H9N3O2. The SMILES string of the molecule is O=c1ncc2ccccc2[nH]1.c1cnoc1. The van der Waals surface area contributed by atoms with E-state index >= 15 is 0 Å². The van der Waals surface area contributed by atoms with Crippen LogP contribution in [0.1, 0.15) is 0 Å². The third-order valence-corrected chi connectivity index (χ3v) is 1.87. The largest absolute Gasteiger partial charge is 0.365 e. The van der Waals surface area contributed by atoms with Crippen molar-refractivity contribution in [2.75, 3.05) is 0 Å². The van der Waals surface area contributed by atoms with Crippen LogP contribution in [0.2, 0.25) is 0 Å².